The van der Waals surface area contributed by atoms with Crippen LogP contribution in [0.1, 0.15) is 48.2 Å². The lowest BCUT2D eigenvalue weighted by Gasteiger charge is -2.23. The lowest BCUT2D eigenvalue weighted by atomic mass is 9.95. The van der Waals surface area contributed by atoms with E-state index in [-0.39, 0.29) is 5.91 Å². The van der Waals surface area contributed by atoms with Crippen molar-refractivity contribution in [1.82, 2.24) is 4.98 Å². The molecule has 126 valence electrons. The second kappa shape index (κ2) is 7.67. The van der Waals surface area contributed by atoms with Crippen molar-refractivity contribution >= 4 is 28.9 Å². The highest BCUT2D eigenvalue weighted by molar-refractivity contribution is 6.30. The normalized spacial score (nSPS) is 15.1. The van der Waals surface area contributed by atoms with Crippen molar-refractivity contribution in [2.24, 2.45) is 0 Å². The van der Waals surface area contributed by atoms with E-state index in [9.17, 15) is 4.79 Å². The van der Waals surface area contributed by atoms with E-state index in [4.69, 9.17) is 11.6 Å². The highest BCUT2D eigenvalue weighted by atomic mass is 35.5. The van der Waals surface area contributed by atoms with Crippen LogP contribution in [0, 0.1) is 6.92 Å². The fraction of sp³-hybridized carbons (Fsp3) is 0.368. The van der Waals surface area contributed by atoms with Crippen molar-refractivity contribution in [3.63, 3.8) is 0 Å². The first-order valence-electron chi connectivity index (χ1n) is 8.42. The van der Waals surface area contributed by atoms with E-state index in [1.165, 1.54) is 32.1 Å². The highest BCUT2D eigenvalue weighted by Crippen LogP contribution is 2.22. The van der Waals surface area contributed by atoms with Gasteiger partial charge in [-0.2, -0.15) is 0 Å². The quantitative estimate of drug-likeness (QED) is 0.817. The molecule has 1 fully saturated rings. The Bertz CT molecular complexity index is 709. The van der Waals surface area contributed by atoms with E-state index in [0.29, 0.717) is 16.8 Å². The fourth-order valence-electron chi connectivity index (χ4n) is 3.05. The number of hydrogen-bond acceptors (Lipinski definition) is 3. The molecule has 0 bridgehead atoms. The van der Waals surface area contributed by atoms with Crippen molar-refractivity contribution in [2.45, 2.75) is 45.1 Å². The maximum atomic E-state index is 12.3. The van der Waals surface area contributed by atoms with Crippen LogP contribution in [0.25, 0.3) is 0 Å². The molecule has 24 heavy (non-hydrogen) atoms. The van der Waals surface area contributed by atoms with Crippen molar-refractivity contribution in [3.8, 4) is 0 Å². The van der Waals surface area contributed by atoms with Crippen LogP contribution < -0.4 is 10.6 Å². The van der Waals surface area contributed by atoms with Crippen LogP contribution in [-0.2, 0) is 0 Å². The first-order valence-corrected chi connectivity index (χ1v) is 8.80. The summed E-state index contributed by atoms with van der Waals surface area (Å²) in [7, 11) is 0. The molecular formula is C19H22ClN3O. The summed E-state index contributed by atoms with van der Waals surface area (Å²) < 4.78 is 0. The summed E-state index contributed by atoms with van der Waals surface area (Å²) in [6.07, 6.45) is 8.05. The Morgan fingerprint density at radius 3 is 2.62 bits per heavy atom. The zero-order valence-corrected chi connectivity index (χ0v) is 14.6. The lowest BCUT2D eigenvalue weighted by molar-refractivity contribution is 0.102. The number of carbonyl (C=O) groups is 1. The Hall–Kier alpha value is -2.07. The minimum Gasteiger partial charge on any atom is -0.381 e. The fourth-order valence-corrected chi connectivity index (χ4v) is 3.28. The molecule has 5 heteroatoms. The molecule has 0 atom stereocenters. The molecule has 3 rings (SSSR count). The molecule has 2 aromatic rings. The number of halogens is 1. The van der Waals surface area contributed by atoms with Gasteiger partial charge in [-0.05, 0) is 55.7 Å². The van der Waals surface area contributed by atoms with Gasteiger partial charge in [0.2, 0.25) is 0 Å². The van der Waals surface area contributed by atoms with Crippen LogP contribution in [0.3, 0.4) is 0 Å². The smallest absolute Gasteiger partial charge is 0.274 e. The number of aryl methyl sites for hydroxylation is 1. The predicted octanol–water partition coefficient (Wildman–Crippen LogP) is 5.04. The summed E-state index contributed by atoms with van der Waals surface area (Å²) in [5.41, 5.74) is 3.04. The minimum absolute atomic E-state index is 0.218. The molecule has 0 spiro atoms. The monoisotopic (exact) mass is 343 g/mol. The number of nitrogens with one attached hydrogen (secondary N) is 2. The number of hydrogen-bond donors (Lipinski definition) is 2. The van der Waals surface area contributed by atoms with Crippen molar-refractivity contribution in [2.75, 3.05) is 10.6 Å². The second-order valence-electron chi connectivity index (χ2n) is 6.32. The number of nitrogens with zero attached hydrogens (tertiary/aromatic N) is 1. The molecule has 1 saturated carbocycles. The summed E-state index contributed by atoms with van der Waals surface area (Å²) in [6, 6.07) is 9.58. The molecule has 1 aliphatic carbocycles. The Kier molecular flexibility index (Phi) is 5.36. The number of pyridine rings is 1. The molecule has 4 nitrogen and oxygen atoms in total. The number of anilines is 2. The Morgan fingerprint density at radius 2 is 1.96 bits per heavy atom. The molecular weight excluding hydrogens is 322 g/mol. The maximum absolute atomic E-state index is 12.3. The van der Waals surface area contributed by atoms with Gasteiger partial charge in [-0.15, -0.1) is 0 Å². The average molecular weight is 344 g/mol. The van der Waals surface area contributed by atoms with Gasteiger partial charge in [0.1, 0.15) is 5.69 Å². The molecule has 1 amide bonds. The van der Waals surface area contributed by atoms with Crippen LogP contribution >= 0.6 is 11.6 Å². The van der Waals surface area contributed by atoms with E-state index in [2.05, 4.69) is 15.6 Å². The van der Waals surface area contributed by atoms with E-state index < -0.39 is 0 Å². The van der Waals surface area contributed by atoms with Crippen molar-refractivity contribution in [3.05, 3.63) is 52.8 Å². The van der Waals surface area contributed by atoms with Crippen molar-refractivity contribution in [1.29, 1.82) is 0 Å². The van der Waals surface area contributed by atoms with Gasteiger partial charge in [0.05, 0.1) is 11.9 Å². The van der Waals surface area contributed by atoms with Crippen LogP contribution in [0.15, 0.2) is 36.5 Å². The third-order valence-electron chi connectivity index (χ3n) is 4.41. The van der Waals surface area contributed by atoms with Gasteiger partial charge < -0.3 is 10.6 Å². The standard InChI is InChI=1S/C19H22ClN3O/c1-13-11-14(20)7-9-17(13)23-19(24)18-10-8-16(12-21-18)22-15-5-3-2-4-6-15/h7-12,15,22H,2-6H2,1H3,(H,23,24). The third kappa shape index (κ3) is 4.26. The summed E-state index contributed by atoms with van der Waals surface area (Å²) in [5.74, 6) is -0.218. The third-order valence-corrected chi connectivity index (χ3v) is 4.64. The Balaban J connectivity index is 1.62. The van der Waals surface area contributed by atoms with Gasteiger partial charge in [0, 0.05) is 16.8 Å². The first kappa shape index (κ1) is 16.8. The van der Waals surface area contributed by atoms with Gasteiger partial charge in [-0.3, -0.25) is 4.79 Å². The molecule has 1 aliphatic rings. The number of carbonyl (C=O) groups excluding carboxylic acids is 1. The minimum atomic E-state index is -0.218. The lowest BCUT2D eigenvalue weighted by Crippen LogP contribution is -2.22. The summed E-state index contributed by atoms with van der Waals surface area (Å²) in [6.45, 7) is 1.91. The van der Waals surface area contributed by atoms with Gasteiger partial charge in [-0.25, -0.2) is 4.98 Å². The predicted molar refractivity (Wildman–Crippen MR) is 98.9 cm³/mol. The topological polar surface area (TPSA) is 54.0 Å². The van der Waals surface area contributed by atoms with Crippen LogP contribution in [-0.4, -0.2) is 16.9 Å². The zero-order valence-electron chi connectivity index (χ0n) is 13.8. The van der Waals surface area contributed by atoms with E-state index in [0.717, 1.165) is 16.9 Å². The molecule has 0 aliphatic heterocycles. The Morgan fingerprint density at radius 1 is 1.17 bits per heavy atom. The van der Waals surface area contributed by atoms with Gasteiger partial charge in [0.25, 0.3) is 5.91 Å². The number of aromatic nitrogens is 1. The van der Waals surface area contributed by atoms with E-state index >= 15 is 0 Å². The maximum Gasteiger partial charge on any atom is 0.274 e. The molecule has 1 heterocycles. The van der Waals surface area contributed by atoms with Crippen LogP contribution in [0.4, 0.5) is 11.4 Å². The molecule has 1 aromatic carbocycles. The zero-order chi connectivity index (χ0) is 16.9. The average Bonchev–Trinajstić information content (AvgIpc) is 2.59. The van der Waals surface area contributed by atoms with E-state index in [1.54, 1.807) is 24.4 Å². The Labute approximate surface area is 147 Å². The van der Waals surface area contributed by atoms with Gasteiger partial charge in [-0.1, -0.05) is 30.9 Å². The molecule has 0 unspecified atom stereocenters. The molecule has 0 radical (unpaired) electrons. The first-order chi connectivity index (χ1) is 11.6. The van der Waals surface area contributed by atoms with Crippen LogP contribution in [0.5, 0.6) is 0 Å². The number of amides is 1. The van der Waals surface area contributed by atoms with E-state index in [1.807, 2.05) is 19.1 Å². The van der Waals surface area contributed by atoms with Gasteiger partial charge in [0.15, 0.2) is 0 Å². The summed E-state index contributed by atoms with van der Waals surface area (Å²) in [5, 5.41) is 7.03. The van der Waals surface area contributed by atoms with Crippen LogP contribution in [0.2, 0.25) is 5.02 Å². The van der Waals surface area contributed by atoms with Crippen molar-refractivity contribution < 1.29 is 4.79 Å². The molecule has 2 N–H and O–H groups in total. The largest absolute Gasteiger partial charge is 0.381 e. The van der Waals surface area contributed by atoms with Gasteiger partial charge >= 0.3 is 0 Å². The highest BCUT2D eigenvalue weighted by Gasteiger charge is 2.14. The number of rotatable bonds is 4. The summed E-state index contributed by atoms with van der Waals surface area (Å²) in [4.78, 5) is 16.6. The molecule has 0 saturated heterocycles. The molecule has 1 aromatic heterocycles. The second-order valence-corrected chi connectivity index (χ2v) is 6.76. The SMILES string of the molecule is Cc1cc(Cl)ccc1NC(=O)c1ccc(NC2CCCCC2)cn1. The summed E-state index contributed by atoms with van der Waals surface area (Å²) >= 11 is 5.94. The number of benzene rings is 1.